The van der Waals surface area contributed by atoms with E-state index in [0.717, 1.165) is 5.69 Å². The van der Waals surface area contributed by atoms with E-state index < -0.39 is 6.04 Å². The molecule has 4 heteroatoms. The maximum absolute atomic E-state index is 12.2. The van der Waals surface area contributed by atoms with Gasteiger partial charge in [0.1, 0.15) is 6.04 Å². The van der Waals surface area contributed by atoms with E-state index in [0.29, 0.717) is 6.42 Å². The molecule has 0 saturated carbocycles. The second kappa shape index (κ2) is 7.68. The fourth-order valence-electron chi connectivity index (χ4n) is 1.88. The van der Waals surface area contributed by atoms with Crippen LogP contribution in [0.1, 0.15) is 34.1 Å². The summed E-state index contributed by atoms with van der Waals surface area (Å²) in [6, 6.07) is 8.74. The molecule has 4 nitrogen and oxygen atoms in total. The normalized spacial score (nSPS) is 12.3. The molecule has 0 aliphatic rings. The maximum Gasteiger partial charge on any atom is 0.247 e. The maximum atomic E-state index is 12.2. The highest BCUT2D eigenvalue weighted by Gasteiger charge is 2.24. The van der Waals surface area contributed by atoms with Crippen LogP contribution in [-0.4, -0.2) is 17.9 Å². The van der Waals surface area contributed by atoms with Crippen LogP contribution in [0.15, 0.2) is 30.3 Å². The molecule has 0 saturated heterocycles. The Hall–Kier alpha value is -1.84. The van der Waals surface area contributed by atoms with E-state index >= 15 is 0 Å². The lowest BCUT2D eigenvalue weighted by atomic mass is 10.0. The molecule has 0 spiro atoms. The molecular formula is C16H24N2O2. The van der Waals surface area contributed by atoms with Gasteiger partial charge in [0.05, 0.1) is 0 Å². The third kappa shape index (κ3) is 5.43. The van der Waals surface area contributed by atoms with Gasteiger partial charge in [-0.1, -0.05) is 45.9 Å². The van der Waals surface area contributed by atoms with E-state index in [1.165, 1.54) is 0 Å². The monoisotopic (exact) mass is 276 g/mol. The first-order chi connectivity index (χ1) is 9.40. The number of benzene rings is 1. The molecule has 0 heterocycles. The summed E-state index contributed by atoms with van der Waals surface area (Å²) in [5, 5.41) is 5.65. The molecule has 0 bridgehead atoms. The lowest BCUT2D eigenvalue weighted by Crippen LogP contribution is -2.47. The van der Waals surface area contributed by atoms with Gasteiger partial charge in [-0.2, -0.15) is 0 Å². The highest BCUT2D eigenvalue weighted by Crippen LogP contribution is 2.10. The molecule has 1 atom stereocenters. The zero-order valence-electron chi connectivity index (χ0n) is 12.6. The average molecular weight is 276 g/mol. The van der Waals surface area contributed by atoms with Gasteiger partial charge >= 0.3 is 0 Å². The Labute approximate surface area is 121 Å². The van der Waals surface area contributed by atoms with Gasteiger partial charge in [-0.05, 0) is 24.0 Å². The minimum absolute atomic E-state index is 0.0369. The number of hydrogen-bond donors (Lipinski definition) is 2. The SMILES string of the molecule is CC(C)CC(=O)N[C@H](C(=O)Nc1ccccc1)C(C)C. The Balaban J connectivity index is 2.66. The third-order valence-electron chi connectivity index (χ3n) is 2.90. The zero-order valence-corrected chi connectivity index (χ0v) is 12.6. The molecule has 1 aromatic carbocycles. The van der Waals surface area contributed by atoms with Crippen molar-refractivity contribution < 1.29 is 9.59 Å². The summed E-state index contributed by atoms with van der Waals surface area (Å²) in [5.41, 5.74) is 0.737. The smallest absolute Gasteiger partial charge is 0.247 e. The zero-order chi connectivity index (χ0) is 15.1. The first-order valence-corrected chi connectivity index (χ1v) is 7.05. The first kappa shape index (κ1) is 16.2. The van der Waals surface area contributed by atoms with Gasteiger partial charge in [0.15, 0.2) is 0 Å². The number of hydrogen-bond acceptors (Lipinski definition) is 2. The van der Waals surface area contributed by atoms with Crippen molar-refractivity contribution in [2.24, 2.45) is 11.8 Å². The van der Waals surface area contributed by atoms with Gasteiger partial charge in [0.2, 0.25) is 11.8 Å². The van der Waals surface area contributed by atoms with E-state index in [2.05, 4.69) is 10.6 Å². The van der Waals surface area contributed by atoms with Crippen molar-refractivity contribution in [3.8, 4) is 0 Å². The molecule has 0 unspecified atom stereocenters. The molecule has 0 aliphatic carbocycles. The van der Waals surface area contributed by atoms with E-state index in [9.17, 15) is 9.59 Å². The van der Waals surface area contributed by atoms with Gasteiger partial charge < -0.3 is 10.6 Å². The number of anilines is 1. The standard InChI is InChI=1S/C16H24N2O2/c1-11(2)10-14(19)18-15(12(3)4)16(20)17-13-8-6-5-7-9-13/h5-9,11-12,15H,10H2,1-4H3,(H,17,20)(H,18,19)/t15-/m0/s1. The predicted molar refractivity (Wildman–Crippen MR) is 81.3 cm³/mol. The molecule has 20 heavy (non-hydrogen) atoms. The van der Waals surface area contributed by atoms with Crippen LogP contribution >= 0.6 is 0 Å². The van der Waals surface area contributed by atoms with E-state index in [1.54, 1.807) is 0 Å². The Morgan fingerprint density at radius 3 is 2.15 bits per heavy atom. The largest absolute Gasteiger partial charge is 0.344 e. The number of rotatable bonds is 6. The van der Waals surface area contributed by atoms with Gasteiger partial charge in [0, 0.05) is 12.1 Å². The first-order valence-electron chi connectivity index (χ1n) is 7.05. The molecule has 2 N–H and O–H groups in total. The van der Waals surface area contributed by atoms with Crippen LogP contribution in [-0.2, 0) is 9.59 Å². The van der Waals surface area contributed by atoms with Crippen molar-refractivity contribution in [2.45, 2.75) is 40.2 Å². The van der Waals surface area contributed by atoms with E-state index in [1.807, 2.05) is 58.0 Å². The summed E-state index contributed by atoms with van der Waals surface area (Å²) in [6.45, 7) is 7.80. The van der Waals surface area contributed by atoms with Gasteiger partial charge in [-0.25, -0.2) is 0 Å². The quantitative estimate of drug-likeness (QED) is 0.839. The molecule has 1 rings (SSSR count). The minimum Gasteiger partial charge on any atom is -0.344 e. The van der Waals surface area contributed by atoms with Crippen LogP contribution in [0.2, 0.25) is 0 Å². The molecule has 0 fully saturated rings. The summed E-state index contributed by atoms with van der Waals surface area (Å²) < 4.78 is 0. The van der Waals surface area contributed by atoms with E-state index in [-0.39, 0.29) is 23.7 Å². The molecule has 110 valence electrons. The highest BCUT2D eigenvalue weighted by atomic mass is 16.2. The van der Waals surface area contributed by atoms with Crippen LogP contribution in [0.25, 0.3) is 0 Å². The summed E-state index contributed by atoms with van der Waals surface area (Å²) in [7, 11) is 0. The topological polar surface area (TPSA) is 58.2 Å². The summed E-state index contributed by atoms with van der Waals surface area (Å²) in [6.07, 6.45) is 0.432. The molecule has 0 aromatic heterocycles. The molecule has 0 radical (unpaired) electrons. The van der Waals surface area contributed by atoms with Crippen molar-refractivity contribution >= 4 is 17.5 Å². The number of amides is 2. The lowest BCUT2D eigenvalue weighted by molar-refractivity contribution is -0.127. The number of carbonyl (C=O) groups excluding carboxylic acids is 2. The fraction of sp³-hybridized carbons (Fsp3) is 0.500. The fourth-order valence-corrected chi connectivity index (χ4v) is 1.88. The van der Waals surface area contributed by atoms with Crippen molar-refractivity contribution in [1.82, 2.24) is 5.32 Å². The van der Waals surface area contributed by atoms with Crippen LogP contribution in [0.5, 0.6) is 0 Å². The van der Waals surface area contributed by atoms with Crippen molar-refractivity contribution in [1.29, 1.82) is 0 Å². The van der Waals surface area contributed by atoms with Crippen LogP contribution in [0, 0.1) is 11.8 Å². The Bertz CT molecular complexity index is 441. The van der Waals surface area contributed by atoms with Gasteiger partial charge in [-0.3, -0.25) is 9.59 Å². The minimum atomic E-state index is -0.513. The number of para-hydroxylation sites is 1. The Morgan fingerprint density at radius 1 is 1.05 bits per heavy atom. The van der Waals surface area contributed by atoms with Gasteiger partial charge in [0.25, 0.3) is 0 Å². The lowest BCUT2D eigenvalue weighted by Gasteiger charge is -2.22. The Kier molecular flexibility index (Phi) is 6.22. The number of nitrogens with one attached hydrogen (secondary N) is 2. The summed E-state index contributed by atoms with van der Waals surface area (Å²) >= 11 is 0. The summed E-state index contributed by atoms with van der Waals surface area (Å²) in [5.74, 6) is 0.0556. The van der Waals surface area contributed by atoms with Gasteiger partial charge in [-0.15, -0.1) is 0 Å². The van der Waals surface area contributed by atoms with E-state index in [4.69, 9.17) is 0 Å². The predicted octanol–water partition coefficient (Wildman–Crippen LogP) is 2.81. The summed E-state index contributed by atoms with van der Waals surface area (Å²) in [4.78, 5) is 24.1. The van der Waals surface area contributed by atoms with Crippen LogP contribution < -0.4 is 10.6 Å². The second-order valence-electron chi connectivity index (χ2n) is 5.74. The highest BCUT2D eigenvalue weighted by molar-refractivity contribution is 5.97. The van der Waals surface area contributed by atoms with Crippen LogP contribution in [0.4, 0.5) is 5.69 Å². The third-order valence-corrected chi connectivity index (χ3v) is 2.90. The number of carbonyl (C=O) groups is 2. The molecule has 1 aromatic rings. The van der Waals surface area contributed by atoms with Crippen LogP contribution in [0.3, 0.4) is 0 Å². The molecule has 0 aliphatic heterocycles. The Morgan fingerprint density at radius 2 is 1.65 bits per heavy atom. The molecule has 2 amide bonds. The van der Waals surface area contributed by atoms with Crippen molar-refractivity contribution in [2.75, 3.05) is 5.32 Å². The van der Waals surface area contributed by atoms with Crippen molar-refractivity contribution in [3.63, 3.8) is 0 Å². The second-order valence-corrected chi connectivity index (χ2v) is 5.74. The average Bonchev–Trinajstić information content (AvgIpc) is 2.35. The van der Waals surface area contributed by atoms with Crippen molar-refractivity contribution in [3.05, 3.63) is 30.3 Å². The molecular weight excluding hydrogens is 252 g/mol.